The second-order valence-corrected chi connectivity index (χ2v) is 11.8. The zero-order valence-electron chi connectivity index (χ0n) is 23.4. The van der Waals surface area contributed by atoms with Gasteiger partial charge in [0.05, 0.1) is 23.9 Å². The topological polar surface area (TPSA) is 73.2 Å². The summed E-state index contributed by atoms with van der Waals surface area (Å²) in [5.41, 5.74) is 5.68. The minimum absolute atomic E-state index is 0.175. The van der Waals surface area contributed by atoms with Crippen LogP contribution >= 0.6 is 0 Å². The molecule has 0 spiro atoms. The number of fused-ring (bicyclic) bond motifs is 3. The molecular formula is C33H38FN3O3. The highest BCUT2D eigenvalue weighted by molar-refractivity contribution is 5.95. The lowest BCUT2D eigenvalue weighted by molar-refractivity contribution is -0.150. The molecule has 3 aromatic rings. The number of carbonyl (C=O) groups excluding carboxylic acids is 2. The summed E-state index contributed by atoms with van der Waals surface area (Å²) in [6, 6.07) is 14.7. The fourth-order valence-corrected chi connectivity index (χ4v) is 7.42. The number of aromatic nitrogens is 2. The second-order valence-electron chi connectivity index (χ2n) is 11.8. The van der Waals surface area contributed by atoms with Gasteiger partial charge in [-0.1, -0.05) is 36.2 Å². The molecular weight excluding hydrogens is 505 g/mol. The first-order valence-electron chi connectivity index (χ1n) is 14.8. The van der Waals surface area contributed by atoms with Gasteiger partial charge in [-0.15, -0.1) is 0 Å². The lowest BCUT2D eigenvalue weighted by Gasteiger charge is -2.30. The SMILES string of the molecule is CCOC(=O)C1C2CCC(C2)[C@H]1NC(=O)c1nn(-c2ccc(F)cc2)c2c1CCCCC2Cc1ccc(C)cc1. The largest absolute Gasteiger partial charge is 0.466 e. The molecule has 3 aliphatic rings. The van der Waals surface area contributed by atoms with Gasteiger partial charge in [0.2, 0.25) is 0 Å². The number of carbonyl (C=O) groups is 2. The molecule has 0 saturated heterocycles. The number of hydrogen-bond donors (Lipinski definition) is 1. The number of nitrogens with zero attached hydrogens (tertiary/aromatic N) is 2. The van der Waals surface area contributed by atoms with Crippen molar-refractivity contribution in [1.82, 2.24) is 15.1 Å². The summed E-state index contributed by atoms with van der Waals surface area (Å²) in [5.74, 6) is -0.299. The number of ether oxygens (including phenoxy) is 1. The van der Waals surface area contributed by atoms with Gasteiger partial charge in [-0.05, 0) is 100 Å². The van der Waals surface area contributed by atoms with Crippen LogP contribution in [0.5, 0.6) is 0 Å². The predicted octanol–water partition coefficient (Wildman–Crippen LogP) is 6.08. The first kappa shape index (κ1) is 26.7. The van der Waals surface area contributed by atoms with Crippen molar-refractivity contribution in [3.63, 3.8) is 0 Å². The molecule has 40 heavy (non-hydrogen) atoms. The van der Waals surface area contributed by atoms with E-state index in [4.69, 9.17) is 9.84 Å². The van der Waals surface area contributed by atoms with Crippen LogP contribution in [-0.2, 0) is 22.4 Å². The third-order valence-corrected chi connectivity index (χ3v) is 9.30. The molecule has 5 atom stereocenters. The Labute approximate surface area is 235 Å². The number of halogens is 1. The zero-order valence-corrected chi connectivity index (χ0v) is 23.4. The van der Waals surface area contributed by atoms with Gasteiger partial charge in [0.15, 0.2) is 5.69 Å². The highest BCUT2D eigenvalue weighted by Gasteiger charge is 2.52. The molecule has 2 saturated carbocycles. The average Bonchev–Trinajstić information content (AvgIpc) is 3.62. The standard InChI is InChI=1S/C33H38FN3O3/c1-3-40-33(39)28-22-12-13-23(19-22)29(28)35-32(38)30-27-7-5-4-6-24(18-21-10-8-20(2)9-11-21)31(27)37(36-30)26-16-14-25(34)15-17-26/h8-11,14-17,22-24,28-29H,3-7,12-13,18-19H2,1-2H3,(H,35,38)/t22?,23?,24?,28?,29-/m1/s1. The average molecular weight is 544 g/mol. The van der Waals surface area contributed by atoms with Gasteiger partial charge in [0.1, 0.15) is 5.82 Å². The Morgan fingerprint density at radius 2 is 1.77 bits per heavy atom. The Balaban J connectivity index is 1.37. The molecule has 2 bridgehead atoms. The van der Waals surface area contributed by atoms with E-state index in [-0.39, 0.29) is 47.4 Å². The van der Waals surface area contributed by atoms with E-state index in [0.717, 1.165) is 68.3 Å². The number of benzene rings is 2. The number of aryl methyl sites for hydroxylation is 1. The maximum Gasteiger partial charge on any atom is 0.311 e. The highest BCUT2D eigenvalue weighted by Crippen LogP contribution is 2.49. The summed E-state index contributed by atoms with van der Waals surface area (Å²) in [6.07, 6.45) is 7.63. The Hall–Kier alpha value is -3.48. The molecule has 0 radical (unpaired) electrons. The van der Waals surface area contributed by atoms with Crippen LogP contribution in [0.2, 0.25) is 0 Å². The van der Waals surface area contributed by atoms with Crippen molar-refractivity contribution in [1.29, 1.82) is 0 Å². The Morgan fingerprint density at radius 1 is 1.02 bits per heavy atom. The smallest absolute Gasteiger partial charge is 0.311 e. The molecule has 4 unspecified atom stereocenters. The third kappa shape index (κ3) is 5.06. The number of amides is 1. The van der Waals surface area contributed by atoms with Gasteiger partial charge in [-0.2, -0.15) is 5.10 Å². The van der Waals surface area contributed by atoms with Crippen molar-refractivity contribution < 1.29 is 18.7 Å². The number of esters is 1. The van der Waals surface area contributed by atoms with Crippen LogP contribution in [0.3, 0.4) is 0 Å². The van der Waals surface area contributed by atoms with Crippen LogP contribution in [0.1, 0.15) is 84.2 Å². The highest BCUT2D eigenvalue weighted by atomic mass is 19.1. The van der Waals surface area contributed by atoms with Crippen LogP contribution in [-0.4, -0.2) is 34.3 Å². The van der Waals surface area contributed by atoms with Crippen LogP contribution in [0.25, 0.3) is 5.69 Å². The fourth-order valence-electron chi connectivity index (χ4n) is 7.42. The Bertz CT molecular complexity index is 1380. The predicted molar refractivity (Wildman–Crippen MR) is 151 cm³/mol. The minimum Gasteiger partial charge on any atom is -0.466 e. The van der Waals surface area contributed by atoms with E-state index >= 15 is 0 Å². The molecule has 2 fully saturated rings. The van der Waals surface area contributed by atoms with E-state index in [2.05, 4.69) is 36.5 Å². The summed E-state index contributed by atoms with van der Waals surface area (Å²) in [5, 5.41) is 8.17. The van der Waals surface area contributed by atoms with Crippen LogP contribution < -0.4 is 5.32 Å². The molecule has 3 aliphatic carbocycles. The number of hydrogen-bond acceptors (Lipinski definition) is 4. The molecule has 1 N–H and O–H groups in total. The van der Waals surface area contributed by atoms with Crippen molar-refractivity contribution in [2.45, 2.75) is 77.2 Å². The first-order valence-corrected chi connectivity index (χ1v) is 14.8. The normalized spacial score (nSPS) is 25.3. The van der Waals surface area contributed by atoms with Crippen molar-refractivity contribution >= 4 is 11.9 Å². The lowest BCUT2D eigenvalue weighted by Crippen LogP contribution is -2.47. The van der Waals surface area contributed by atoms with Gasteiger partial charge in [0, 0.05) is 17.5 Å². The molecule has 1 amide bonds. The van der Waals surface area contributed by atoms with E-state index in [0.29, 0.717) is 12.3 Å². The maximum atomic E-state index is 14.0. The minimum atomic E-state index is -0.308. The Kier molecular flexibility index (Phi) is 7.47. The molecule has 6 rings (SSSR count). The second kappa shape index (κ2) is 11.2. The van der Waals surface area contributed by atoms with Gasteiger partial charge < -0.3 is 10.1 Å². The Morgan fingerprint density at radius 3 is 2.52 bits per heavy atom. The van der Waals surface area contributed by atoms with Crippen molar-refractivity contribution in [2.24, 2.45) is 17.8 Å². The summed E-state index contributed by atoms with van der Waals surface area (Å²) >= 11 is 0. The molecule has 2 aromatic carbocycles. The first-order chi connectivity index (χ1) is 19.4. The van der Waals surface area contributed by atoms with Crippen LogP contribution in [0.15, 0.2) is 48.5 Å². The third-order valence-electron chi connectivity index (χ3n) is 9.30. The van der Waals surface area contributed by atoms with E-state index < -0.39 is 0 Å². The van der Waals surface area contributed by atoms with Crippen molar-refractivity contribution in [3.05, 3.63) is 82.4 Å². The van der Waals surface area contributed by atoms with Crippen LogP contribution in [0.4, 0.5) is 4.39 Å². The zero-order chi connectivity index (χ0) is 27.8. The summed E-state index contributed by atoms with van der Waals surface area (Å²) in [6.45, 7) is 4.25. The lowest BCUT2D eigenvalue weighted by atomic mass is 9.84. The van der Waals surface area contributed by atoms with E-state index in [1.807, 2.05) is 11.6 Å². The molecule has 1 heterocycles. The number of nitrogens with one attached hydrogen (secondary N) is 1. The van der Waals surface area contributed by atoms with Gasteiger partial charge >= 0.3 is 5.97 Å². The van der Waals surface area contributed by atoms with Gasteiger partial charge in [0.25, 0.3) is 5.91 Å². The molecule has 6 nitrogen and oxygen atoms in total. The van der Waals surface area contributed by atoms with E-state index in [1.165, 1.54) is 23.3 Å². The monoisotopic (exact) mass is 543 g/mol. The maximum absolute atomic E-state index is 14.0. The van der Waals surface area contributed by atoms with Gasteiger partial charge in [-0.25, -0.2) is 9.07 Å². The molecule has 1 aromatic heterocycles. The quantitative estimate of drug-likeness (QED) is 0.290. The summed E-state index contributed by atoms with van der Waals surface area (Å²) < 4.78 is 21.1. The molecule has 0 aliphatic heterocycles. The summed E-state index contributed by atoms with van der Waals surface area (Å²) in [7, 11) is 0. The van der Waals surface area contributed by atoms with Crippen molar-refractivity contribution in [3.8, 4) is 5.69 Å². The van der Waals surface area contributed by atoms with E-state index in [1.54, 1.807) is 12.1 Å². The van der Waals surface area contributed by atoms with Crippen LogP contribution in [0, 0.1) is 30.5 Å². The van der Waals surface area contributed by atoms with Crippen molar-refractivity contribution in [2.75, 3.05) is 6.61 Å². The van der Waals surface area contributed by atoms with Gasteiger partial charge in [-0.3, -0.25) is 9.59 Å². The van der Waals surface area contributed by atoms with E-state index in [9.17, 15) is 14.0 Å². The summed E-state index contributed by atoms with van der Waals surface area (Å²) in [4.78, 5) is 26.9. The molecule has 7 heteroatoms. The molecule has 210 valence electrons. The fraction of sp³-hybridized carbons (Fsp3) is 0.485. The number of rotatable bonds is 7.